The Morgan fingerprint density at radius 3 is 2.47 bits per heavy atom. The van der Waals surface area contributed by atoms with Crippen molar-refractivity contribution >= 4 is 11.6 Å². The van der Waals surface area contributed by atoms with E-state index in [9.17, 15) is 4.79 Å². The van der Waals surface area contributed by atoms with Crippen molar-refractivity contribution < 1.29 is 14.7 Å². The molecule has 0 fully saturated rings. The second kappa shape index (κ2) is 7.41. The van der Waals surface area contributed by atoms with Crippen LogP contribution >= 0.6 is 0 Å². The lowest BCUT2D eigenvalue weighted by atomic mass is 10.1. The van der Waals surface area contributed by atoms with Gasteiger partial charge in [-0.3, -0.25) is 4.79 Å². The lowest BCUT2D eigenvalue weighted by Gasteiger charge is -2.11. The van der Waals surface area contributed by atoms with Crippen molar-refractivity contribution in [2.24, 2.45) is 5.16 Å². The molecule has 5 nitrogen and oxygen atoms in total. The van der Waals surface area contributed by atoms with Gasteiger partial charge in [0.05, 0.1) is 18.7 Å². The van der Waals surface area contributed by atoms with Gasteiger partial charge in [0, 0.05) is 20.5 Å². The third-order valence-corrected chi connectivity index (χ3v) is 2.64. The van der Waals surface area contributed by atoms with Crippen LogP contribution in [0.3, 0.4) is 0 Å². The van der Waals surface area contributed by atoms with Crippen LogP contribution in [0.15, 0.2) is 29.4 Å². The summed E-state index contributed by atoms with van der Waals surface area (Å²) in [4.78, 5) is 12.9. The summed E-state index contributed by atoms with van der Waals surface area (Å²) in [7, 11) is 3.45. The first-order chi connectivity index (χ1) is 9.02. The number of ether oxygens (including phenoxy) is 1. The zero-order valence-corrected chi connectivity index (χ0v) is 11.6. The SMILES string of the molecule is C/C(Cc1ccc(OCCC(=O)N(C)C)cc1)=N\O. The number of carbonyl (C=O) groups excluding carboxylic acids is 1. The molecule has 5 heteroatoms. The second-order valence-corrected chi connectivity index (χ2v) is 4.54. The molecule has 1 rings (SSSR count). The Labute approximate surface area is 113 Å². The van der Waals surface area contributed by atoms with Gasteiger partial charge in [0.25, 0.3) is 0 Å². The fraction of sp³-hybridized carbons (Fsp3) is 0.429. The van der Waals surface area contributed by atoms with E-state index < -0.39 is 0 Å². The molecule has 0 aromatic heterocycles. The Morgan fingerprint density at radius 2 is 1.95 bits per heavy atom. The van der Waals surface area contributed by atoms with Gasteiger partial charge >= 0.3 is 0 Å². The van der Waals surface area contributed by atoms with E-state index >= 15 is 0 Å². The van der Waals surface area contributed by atoms with E-state index in [-0.39, 0.29) is 5.91 Å². The smallest absolute Gasteiger partial charge is 0.225 e. The monoisotopic (exact) mass is 264 g/mol. The van der Waals surface area contributed by atoms with Crippen LogP contribution in [0.2, 0.25) is 0 Å². The van der Waals surface area contributed by atoms with E-state index in [0.717, 1.165) is 11.3 Å². The number of hydrogen-bond donors (Lipinski definition) is 1. The van der Waals surface area contributed by atoms with Gasteiger partial charge in [0.15, 0.2) is 0 Å². The van der Waals surface area contributed by atoms with E-state index in [0.29, 0.717) is 25.2 Å². The van der Waals surface area contributed by atoms with Gasteiger partial charge in [-0.25, -0.2) is 0 Å². The van der Waals surface area contributed by atoms with Crippen LogP contribution in [0.1, 0.15) is 18.9 Å². The highest BCUT2D eigenvalue weighted by atomic mass is 16.5. The number of rotatable bonds is 6. The number of amides is 1. The van der Waals surface area contributed by atoms with Crippen LogP contribution < -0.4 is 4.74 Å². The fourth-order valence-corrected chi connectivity index (χ4v) is 1.51. The van der Waals surface area contributed by atoms with E-state index in [1.807, 2.05) is 24.3 Å². The average Bonchev–Trinajstić information content (AvgIpc) is 2.40. The molecule has 0 saturated carbocycles. The van der Waals surface area contributed by atoms with E-state index in [1.54, 1.807) is 25.9 Å². The summed E-state index contributed by atoms with van der Waals surface area (Å²) in [5.41, 5.74) is 1.71. The standard InChI is InChI=1S/C14H20N2O3/c1-11(15-18)10-12-4-6-13(7-5-12)19-9-8-14(17)16(2)3/h4-7,18H,8-10H2,1-3H3/b15-11+. The molecule has 0 bridgehead atoms. The highest BCUT2D eigenvalue weighted by molar-refractivity contribution is 5.83. The number of benzene rings is 1. The van der Waals surface area contributed by atoms with Crippen molar-refractivity contribution in [1.29, 1.82) is 0 Å². The molecule has 0 aliphatic heterocycles. The zero-order valence-electron chi connectivity index (χ0n) is 11.6. The Bertz CT molecular complexity index is 439. The highest BCUT2D eigenvalue weighted by Gasteiger charge is 2.04. The largest absolute Gasteiger partial charge is 0.493 e. The van der Waals surface area contributed by atoms with Gasteiger partial charge in [0.1, 0.15) is 5.75 Å². The van der Waals surface area contributed by atoms with E-state index in [1.165, 1.54) is 0 Å². The van der Waals surface area contributed by atoms with Crippen molar-refractivity contribution in [3.8, 4) is 5.75 Å². The van der Waals surface area contributed by atoms with Crippen LogP contribution in [0.4, 0.5) is 0 Å². The number of carbonyl (C=O) groups is 1. The molecule has 0 atom stereocenters. The third kappa shape index (κ3) is 5.42. The van der Waals surface area contributed by atoms with E-state index in [4.69, 9.17) is 9.94 Å². The molecule has 1 N–H and O–H groups in total. The predicted molar refractivity (Wildman–Crippen MR) is 73.8 cm³/mol. The van der Waals surface area contributed by atoms with Gasteiger partial charge in [-0.1, -0.05) is 17.3 Å². The summed E-state index contributed by atoms with van der Waals surface area (Å²) in [6.45, 7) is 2.13. The van der Waals surface area contributed by atoms with Crippen LogP contribution in [-0.4, -0.2) is 42.4 Å². The highest BCUT2D eigenvalue weighted by Crippen LogP contribution is 2.13. The van der Waals surface area contributed by atoms with Gasteiger partial charge < -0.3 is 14.8 Å². The van der Waals surface area contributed by atoms with Gasteiger partial charge in [-0.2, -0.15) is 0 Å². The summed E-state index contributed by atoms with van der Waals surface area (Å²) < 4.78 is 5.49. The molecule has 0 aliphatic carbocycles. The third-order valence-electron chi connectivity index (χ3n) is 2.64. The van der Waals surface area contributed by atoms with Crippen molar-refractivity contribution in [2.75, 3.05) is 20.7 Å². The van der Waals surface area contributed by atoms with Crippen LogP contribution in [0.25, 0.3) is 0 Å². The second-order valence-electron chi connectivity index (χ2n) is 4.54. The lowest BCUT2D eigenvalue weighted by Crippen LogP contribution is -2.23. The van der Waals surface area contributed by atoms with Crippen molar-refractivity contribution in [3.05, 3.63) is 29.8 Å². The van der Waals surface area contributed by atoms with E-state index in [2.05, 4.69) is 5.16 Å². The minimum atomic E-state index is 0.0476. The van der Waals surface area contributed by atoms with Gasteiger partial charge in [0.2, 0.25) is 5.91 Å². The van der Waals surface area contributed by atoms with Gasteiger partial charge in [-0.15, -0.1) is 0 Å². The molecule has 1 aromatic carbocycles. The molecule has 0 saturated heterocycles. The number of hydrogen-bond acceptors (Lipinski definition) is 4. The molecule has 19 heavy (non-hydrogen) atoms. The van der Waals surface area contributed by atoms with Crippen LogP contribution in [0, 0.1) is 0 Å². The molecule has 0 unspecified atom stereocenters. The molecular formula is C14H20N2O3. The number of nitrogens with zero attached hydrogens (tertiary/aromatic N) is 2. The first-order valence-corrected chi connectivity index (χ1v) is 6.12. The molecule has 0 radical (unpaired) electrons. The summed E-state index contributed by atoms with van der Waals surface area (Å²) in [5, 5.41) is 11.7. The fourth-order valence-electron chi connectivity index (χ4n) is 1.51. The molecule has 0 aliphatic rings. The first kappa shape index (κ1) is 15.0. The minimum absolute atomic E-state index is 0.0476. The van der Waals surface area contributed by atoms with Crippen LogP contribution in [-0.2, 0) is 11.2 Å². The maximum absolute atomic E-state index is 11.4. The predicted octanol–water partition coefficient (Wildman–Crippen LogP) is 1.94. The topological polar surface area (TPSA) is 62.1 Å². The maximum Gasteiger partial charge on any atom is 0.225 e. The molecule has 0 heterocycles. The summed E-state index contributed by atoms with van der Waals surface area (Å²) in [6, 6.07) is 7.52. The Hall–Kier alpha value is -2.04. The normalized spacial score (nSPS) is 11.2. The Balaban J connectivity index is 2.42. The molecule has 0 spiro atoms. The minimum Gasteiger partial charge on any atom is -0.493 e. The molecule has 1 aromatic rings. The average molecular weight is 264 g/mol. The van der Waals surface area contributed by atoms with Crippen molar-refractivity contribution in [3.63, 3.8) is 0 Å². The lowest BCUT2D eigenvalue weighted by molar-refractivity contribution is -0.129. The van der Waals surface area contributed by atoms with Gasteiger partial charge in [-0.05, 0) is 24.6 Å². The quantitative estimate of drug-likeness (QED) is 0.485. The zero-order chi connectivity index (χ0) is 14.3. The summed E-state index contributed by atoms with van der Waals surface area (Å²) in [5.74, 6) is 0.778. The Morgan fingerprint density at radius 1 is 1.32 bits per heavy atom. The van der Waals surface area contributed by atoms with Crippen molar-refractivity contribution in [1.82, 2.24) is 4.90 Å². The first-order valence-electron chi connectivity index (χ1n) is 6.12. The number of oxime groups is 1. The van der Waals surface area contributed by atoms with Crippen LogP contribution in [0.5, 0.6) is 5.75 Å². The molecule has 104 valence electrons. The summed E-state index contributed by atoms with van der Waals surface area (Å²) in [6.07, 6.45) is 0.973. The maximum atomic E-state index is 11.4. The van der Waals surface area contributed by atoms with Crippen molar-refractivity contribution in [2.45, 2.75) is 19.8 Å². The Kier molecular flexibility index (Phi) is 5.85. The molecule has 1 amide bonds. The summed E-state index contributed by atoms with van der Waals surface area (Å²) >= 11 is 0. The molecular weight excluding hydrogens is 244 g/mol.